The van der Waals surface area contributed by atoms with E-state index >= 15 is 0 Å². The Morgan fingerprint density at radius 2 is 1.96 bits per heavy atom. The summed E-state index contributed by atoms with van der Waals surface area (Å²) < 4.78 is 27.9. The van der Waals surface area contributed by atoms with Crippen LogP contribution in [-0.2, 0) is 23.1 Å². The third-order valence-corrected chi connectivity index (χ3v) is 6.79. The topological polar surface area (TPSA) is 78.7 Å². The first-order chi connectivity index (χ1) is 11.9. The van der Waals surface area contributed by atoms with Crippen LogP contribution in [0.2, 0.25) is 0 Å². The van der Waals surface area contributed by atoms with Gasteiger partial charge in [0, 0.05) is 51.0 Å². The molecule has 9 heteroatoms. The lowest BCUT2D eigenvalue weighted by Gasteiger charge is -2.11. The van der Waals surface area contributed by atoms with E-state index in [4.69, 9.17) is 0 Å². The lowest BCUT2D eigenvalue weighted by atomic mass is 10.5. The average molecular weight is 384 g/mol. The minimum Gasteiger partial charge on any atom is -0.357 e. The maximum atomic E-state index is 12.1. The number of hydrogen-bond acceptors (Lipinski definition) is 4. The Kier molecular flexibility index (Phi) is 7.03. The predicted octanol–water partition coefficient (Wildman–Crippen LogP) is 1.56. The molecule has 7 nitrogen and oxygen atoms in total. The second-order valence-corrected chi connectivity index (χ2v) is 9.10. The van der Waals surface area contributed by atoms with Gasteiger partial charge in [0.1, 0.15) is 4.21 Å². The molecular formula is C16H25N5O2S2. The zero-order chi connectivity index (χ0) is 18.3. The van der Waals surface area contributed by atoms with Gasteiger partial charge in [0.15, 0.2) is 5.96 Å². The summed E-state index contributed by atoms with van der Waals surface area (Å²) in [7, 11) is -0.310. The molecule has 138 valence electrons. The van der Waals surface area contributed by atoms with Gasteiger partial charge in [0.25, 0.3) is 10.0 Å². The first kappa shape index (κ1) is 19.5. The Bertz CT molecular complexity index is 779. The van der Waals surface area contributed by atoms with Crippen LogP contribution in [0, 0.1) is 0 Å². The number of aromatic nitrogens is 1. The van der Waals surface area contributed by atoms with Crippen LogP contribution in [0.4, 0.5) is 0 Å². The van der Waals surface area contributed by atoms with Gasteiger partial charge in [-0.05, 0) is 31.2 Å². The molecule has 2 rings (SSSR count). The van der Waals surface area contributed by atoms with Crippen LogP contribution in [0.15, 0.2) is 45.9 Å². The standard InChI is InChI=1S/C16H25N5O2S2/c1-4-17-16(18-9-12-21-10-5-6-11-21)19-13-14-7-8-15(24-14)25(22,23)20(2)3/h5-8,10-11H,4,9,12-13H2,1-3H3,(H2,17,18,19). The van der Waals surface area contributed by atoms with Gasteiger partial charge < -0.3 is 15.2 Å². The highest BCUT2D eigenvalue weighted by Crippen LogP contribution is 2.24. The normalized spacial score (nSPS) is 12.6. The zero-order valence-electron chi connectivity index (χ0n) is 14.8. The van der Waals surface area contributed by atoms with Crippen molar-refractivity contribution < 1.29 is 8.42 Å². The van der Waals surface area contributed by atoms with Crippen molar-refractivity contribution in [2.24, 2.45) is 4.99 Å². The molecule has 0 saturated heterocycles. The first-order valence-electron chi connectivity index (χ1n) is 8.07. The van der Waals surface area contributed by atoms with Gasteiger partial charge in [-0.3, -0.25) is 0 Å². The van der Waals surface area contributed by atoms with Gasteiger partial charge in [-0.25, -0.2) is 17.7 Å². The molecule has 2 heterocycles. The number of aliphatic imine (C=N–C) groups is 1. The van der Waals surface area contributed by atoms with E-state index in [0.717, 1.165) is 30.5 Å². The van der Waals surface area contributed by atoms with Crippen molar-refractivity contribution in [1.29, 1.82) is 0 Å². The largest absolute Gasteiger partial charge is 0.357 e. The first-order valence-corrected chi connectivity index (χ1v) is 10.3. The van der Waals surface area contributed by atoms with Gasteiger partial charge in [-0.1, -0.05) is 0 Å². The van der Waals surface area contributed by atoms with Crippen LogP contribution in [0.25, 0.3) is 0 Å². The molecule has 0 bridgehead atoms. The van der Waals surface area contributed by atoms with Crippen LogP contribution < -0.4 is 10.6 Å². The highest BCUT2D eigenvalue weighted by molar-refractivity contribution is 7.91. The lowest BCUT2D eigenvalue weighted by molar-refractivity contribution is 0.523. The van der Waals surface area contributed by atoms with Gasteiger partial charge >= 0.3 is 0 Å². The second kappa shape index (κ2) is 9.02. The third-order valence-electron chi connectivity index (χ3n) is 3.44. The highest BCUT2D eigenvalue weighted by Gasteiger charge is 2.19. The van der Waals surface area contributed by atoms with Crippen LogP contribution in [0.3, 0.4) is 0 Å². The smallest absolute Gasteiger partial charge is 0.252 e. The van der Waals surface area contributed by atoms with Crippen LogP contribution in [0.5, 0.6) is 0 Å². The molecule has 25 heavy (non-hydrogen) atoms. The fraction of sp³-hybridized carbons (Fsp3) is 0.438. The van der Waals surface area contributed by atoms with Crippen LogP contribution in [-0.4, -0.2) is 50.4 Å². The van der Waals surface area contributed by atoms with Crippen molar-refractivity contribution in [3.05, 3.63) is 41.5 Å². The van der Waals surface area contributed by atoms with Crippen LogP contribution >= 0.6 is 11.3 Å². The summed E-state index contributed by atoms with van der Waals surface area (Å²) in [6, 6.07) is 7.44. The maximum Gasteiger partial charge on any atom is 0.252 e. The van der Waals surface area contributed by atoms with E-state index in [1.807, 2.05) is 37.5 Å². The molecule has 0 saturated carbocycles. The van der Waals surface area contributed by atoms with E-state index in [0.29, 0.717) is 10.8 Å². The summed E-state index contributed by atoms with van der Waals surface area (Å²) in [6.45, 7) is 4.81. The van der Waals surface area contributed by atoms with E-state index in [1.54, 1.807) is 6.07 Å². The van der Waals surface area contributed by atoms with Gasteiger partial charge in [-0.2, -0.15) is 0 Å². The lowest BCUT2D eigenvalue weighted by Crippen LogP contribution is -2.38. The average Bonchev–Trinajstić information content (AvgIpc) is 3.24. The van der Waals surface area contributed by atoms with E-state index in [-0.39, 0.29) is 0 Å². The molecule has 2 N–H and O–H groups in total. The predicted molar refractivity (Wildman–Crippen MR) is 102 cm³/mol. The number of nitrogens with zero attached hydrogens (tertiary/aromatic N) is 3. The van der Waals surface area contributed by atoms with E-state index in [9.17, 15) is 8.42 Å². The van der Waals surface area contributed by atoms with Crippen molar-refractivity contribution in [2.75, 3.05) is 27.2 Å². The molecule has 2 aromatic heterocycles. The Balaban J connectivity index is 1.95. The van der Waals surface area contributed by atoms with Crippen molar-refractivity contribution >= 4 is 27.3 Å². The Morgan fingerprint density at radius 1 is 1.24 bits per heavy atom. The van der Waals surface area contributed by atoms with Gasteiger partial charge in [0.05, 0.1) is 6.54 Å². The molecule has 0 aliphatic heterocycles. The van der Waals surface area contributed by atoms with Crippen molar-refractivity contribution in [3.63, 3.8) is 0 Å². The van der Waals surface area contributed by atoms with Crippen LogP contribution in [0.1, 0.15) is 11.8 Å². The molecule has 0 aliphatic carbocycles. The number of thiophene rings is 1. The molecule has 0 aromatic carbocycles. The second-order valence-electron chi connectivity index (χ2n) is 5.55. The Morgan fingerprint density at radius 3 is 2.60 bits per heavy atom. The summed E-state index contributed by atoms with van der Waals surface area (Å²) in [5, 5.41) is 6.48. The molecule has 0 spiro atoms. The monoisotopic (exact) mass is 383 g/mol. The van der Waals surface area contributed by atoms with Gasteiger partial charge in [0.2, 0.25) is 0 Å². The Hall–Kier alpha value is -1.84. The van der Waals surface area contributed by atoms with Crippen molar-refractivity contribution in [2.45, 2.75) is 24.2 Å². The molecule has 2 aromatic rings. The number of sulfonamides is 1. The van der Waals surface area contributed by atoms with Gasteiger partial charge in [-0.15, -0.1) is 11.3 Å². The quantitative estimate of drug-likeness (QED) is 0.536. The van der Waals surface area contributed by atoms with Crippen molar-refractivity contribution in [1.82, 2.24) is 19.5 Å². The molecule has 0 radical (unpaired) electrons. The molecule has 0 atom stereocenters. The molecule has 0 unspecified atom stereocenters. The zero-order valence-corrected chi connectivity index (χ0v) is 16.4. The molecule has 0 fully saturated rings. The number of guanidine groups is 1. The highest BCUT2D eigenvalue weighted by atomic mass is 32.2. The maximum absolute atomic E-state index is 12.1. The third kappa shape index (κ3) is 5.58. The Labute approximate surface area is 153 Å². The van der Waals surface area contributed by atoms with E-state index in [2.05, 4.69) is 20.2 Å². The minimum absolute atomic E-state index is 0.341. The molecule has 0 amide bonds. The SMILES string of the molecule is CCNC(=NCc1ccc(S(=O)(=O)N(C)C)s1)NCCn1cccc1. The van der Waals surface area contributed by atoms with E-state index < -0.39 is 10.0 Å². The fourth-order valence-corrected chi connectivity index (χ4v) is 4.53. The van der Waals surface area contributed by atoms with E-state index in [1.165, 1.54) is 29.7 Å². The molecular weight excluding hydrogens is 358 g/mol. The summed E-state index contributed by atoms with van der Waals surface area (Å²) in [4.78, 5) is 5.44. The number of nitrogens with one attached hydrogen (secondary N) is 2. The summed E-state index contributed by atoms with van der Waals surface area (Å²) in [6.07, 6.45) is 4.04. The molecule has 0 aliphatic rings. The summed E-state index contributed by atoms with van der Waals surface area (Å²) in [5.41, 5.74) is 0. The summed E-state index contributed by atoms with van der Waals surface area (Å²) in [5.74, 6) is 0.722. The van der Waals surface area contributed by atoms with Crippen molar-refractivity contribution in [3.8, 4) is 0 Å². The number of hydrogen-bond donors (Lipinski definition) is 2. The minimum atomic E-state index is -3.37. The number of rotatable bonds is 8. The summed E-state index contributed by atoms with van der Waals surface area (Å²) >= 11 is 1.25. The fourth-order valence-electron chi connectivity index (χ4n) is 2.08.